The number of ether oxygens (including phenoxy) is 2. The summed E-state index contributed by atoms with van der Waals surface area (Å²) in [7, 11) is 3.21. The maximum atomic E-state index is 11.5. The second-order valence-corrected chi connectivity index (χ2v) is 11.8. The van der Waals surface area contributed by atoms with E-state index in [1.807, 2.05) is 0 Å². The van der Waals surface area contributed by atoms with Crippen LogP contribution in [0.5, 0.6) is 0 Å². The summed E-state index contributed by atoms with van der Waals surface area (Å²) in [6.45, 7) is 5.63. The number of esters is 1. The molecule has 1 N–H and O–H groups in total. The Kier molecular flexibility index (Phi) is 6.31. The number of hydrogen-bond acceptors (Lipinski definition) is 4. The molecular formula is C26H44O4. The Morgan fingerprint density at radius 2 is 1.73 bits per heavy atom. The first-order valence-electron chi connectivity index (χ1n) is 12.5. The van der Waals surface area contributed by atoms with Gasteiger partial charge in [-0.15, -0.1) is 0 Å². The fourth-order valence-electron chi connectivity index (χ4n) is 8.90. The van der Waals surface area contributed by atoms with Gasteiger partial charge in [0.05, 0.1) is 19.3 Å². The van der Waals surface area contributed by atoms with Gasteiger partial charge in [-0.05, 0) is 111 Å². The van der Waals surface area contributed by atoms with E-state index in [1.54, 1.807) is 7.11 Å². The lowest BCUT2D eigenvalue weighted by Crippen LogP contribution is -2.56. The molecule has 0 aromatic carbocycles. The maximum Gasteiger partial charge on any atom is 0.305 e. The number of methoxy groups -OCH3 is 2. The third kappa shape index (κ3) is 3.74. The van der Waals surface area contributed by atoms with Crippen molar-refractivity contribution in [3.05, 3.63) is 0 Å². The van der Waals surface area contributed by atoms with Crippen molar-refractivity contribution in [1.82, 2.24) is 0 Å². The number of aliphatic hydroxyl groups is 1. The predicted octanol–water partition coefficient (Wildman–Crippen LogP) is 5.37. The van der Waals surface area contributed by atoms with Gasteiger partial charge in [0, 0.05) is 13.5 Å². The molecule has 0 amide bonds. The van der Waals surface area contributed by atoms with E-state index in [4.69, 9.17) is 9.47 Å². The normalized spacial score (nSPS) is 47.8. The molecule has 0 radical (unpaired) electrons. The number of carbonyl (C=O) groups is 1. The van der Waals surface area contributed by atoms with Crippen LogP contribution < -0.4 is 0 Å². The third-order valence-corrected chi connectivity index (χ3v) is 10.6. The van der Waals surface area contributed by atoms with Crippen molar-refractivity contribution < 1.29 is 19.4 Å². The quantitative estimate of drug-likeness (QED) is 0.587. The summed E-state index contributed by atoms with van der Waals surface area (Å²) in [4.78, 5) is 11.5. The molecule has 0 aliphatic heterocycles. The molecule has 0 aromatic heterocycles. The van der Waals surface area contributed by atoms with Crippen molar-refractivity contribution in [2.45, 2.75) is 96.5 Å². The van der Waals surface area contributed by atoms with E-state index < -0.39 is 5.60 Å². The van der Waals surface area contributed by atoms with E-state index in [0.717, 1.165) is 49.4 Å². The largest absolute Gasteiger partial charge is 0.469 e. The van der Waals surface area contributed by atoms with E-state index >= 15 is 0 Å². The van der Waals surface area contributed by atoms with Gasteiger partial charge in [0.15, 0.2) is 0 Å². The minimum Gasteiger partial charge on any atom is -0.469 e. The molecule has 0 bridgehead atoms. The fraction of sp³-hybridized carbons (Fsp3) is 0.962. The van der Waals surface area contributed by atoms with Gasteiger partial charge in [0.25, 0.3) is 0 Å². The molecule has 30 heavy (non-hydrogen) atoms. The first kappa shape index (κ1) is 22.6. The molecule has 0 aromatic rings. The van der Waals surface area contributed by atoms with Gasteiger partial charge in [0.1, 0.15) is 0 Å². The first-order valence-corrected chi connectivity index (χ1v) is 12.5. The maximum absolute atomic E-state index is 11.5. The van der Waals surface area contributed by atoms with E-state index in [-0.39, 0.29) is 5.97 Å². The minimum absolute atomic E-state index is 0.0598. The fourth-order valence-corrected chi connectivity index (χ4v) is 8.90. The molecule has 4 fully saturated rings. The van der Waals surface area contributed by atoms with Gasteiger partial charge in [-0.3, -0.25) is 4.79 Å². The van der Waals surface area contributed by atoms with Crippen molar-refractivity contribution in [2.75, 3.05) is 20.8 Å². The number of hydrogen-bond donors (Lipinski definition) is 1. The average Bonchev–Trinajstić information content (AvgIpc) is 3.05. The zero-order chi connectivity index (χ0) is 21.6. The number of rotatable bonds is 6. The van der Waals surface area contributed by atoms with Crippen LogP contribution in [0.3, 0.4) is 0 Å². The Bertz CT molecular complexity index is 635. The monoisotopic (exact) mass is 420 g/mol. The summed E-state index contributed by atoms with van der Waals surface area (Å²) in [6.07, 6.45) is 13.8. The van der Waals surface area contributed by atoms with Crippen LogP contribution in [0.4, 0.5) is 0 Å². The zero-order valence-corrected chi connectivity index (χ0v) is 19.8. The van der Waals surface area contributed by atoms with Crippen molar-refractivity contribution in [3.63, 3.8) is 0 Å². The second-order valence-electron chi connectivity index (χ2n) is 11.8. The van der Waals surface area contributed by atoms with Gasteiger partial charge in [0.2, 0.25) is 0 Å². The lowest BCUT2D eigenvalue weighted by molar-refractivity contribution is -0.162. The van der Waals surface area contributed by atoms with Crippen LogP contribution in [0.2, 0.25) is 0 Å². The summed E-state index contributed by atoms with van der Waals surface area (Å²) >= 11 is 0. The van der Waals surface area contributed by atoms with E-state index in [2.05, 4.69) is 13.8 Å². The van der Waals surface area contributed by atoms with Crippen molar-refractivity contribution in [1.29, 1.82) is 0 Å². The van der Waals surface area contributed by atoms with Gasteiger partial charge < -0.3 is 14.6 Å². The highest BCUT2D eigenvalue weighted by molar-refractivity contribution is 5.68. The topological polar surface area (TPSA) is 55.8 Å². The summed E-state index contributed by atoms with van der Waals surface area (Å²) in [5, 5.41) is 11.0. The molecular weight excluding hydrogens is 376 g/mol. The summed E-state index contributed by atoms with van der Waals surface area (Å²) in [5.74, 6) is 3.91. The standard InChI is InChI=1S/C26H44O4/c1-24-13-12-22-20(21(24)11-9-18(24)6-5-7-23(27)30-4)10-8-19-16-26(28,17-29-3)15-14-25(19,22)2/h18-22,28H,5-17H2,1-4H3/t18-,19-,20?,21?,22?,24+,25-,26-/m0/s1. The number of carbonyl (C=O) groups excluding carboxylic acids is 1. The Balaban J connectivity index is 1.44. The highest BCUT2D eigenvalue weighted by Crippen LogP contribution is 2.68. The van der Waals surface area contributed by atoms with E-state index in [1.165, 1.54) is 52.1 Å². The van der Waals surface area contributed by atoms with Crippen LogP contribution in [0, 0.1) is 40.4 Å². The minimum atomic E-state index is -0.604. The second kappa shape index (κ2) is 8.39. The van der Waals surface area contributed by atoms with Gasteiger partial charge in [-0.1, -0.05) is 13.8 Å². The molecule has 4 saturated carbocycles. The highest BCUT2D eigenvalue weighted by atomic mass is 16.5. The molecule has 0 heterocycles. The molecule has 4 aliphatic rings. The van der Waals surface area contributed by atoms with Crippen LogP contribution in [0.15, 0.2) is 0 Å². The van der Waals surface area contributed by atoms with Gasteiger partial charge >= 0.3 is 5.97 Å². The molecule has 0 spiro atoms. The molecule has 8 atom stereocenters. The molecule has 4 rings (SSSR count). The van der Waals surface area contributed by atoms with Gasteiger partial charge in [-0.25, -0.2) is 0 Å². The average molecular weight is 421 g/mol. The molecule has 3 unspecified atom stereocenters. The van der Waals surface area contributed by atoms with Gasteiger partial charge in [-0.2, -0.15) is 0 Å². The zero-order valence-electron chi connectivity index (χ0n) is 19.8. The molecule has 4 nitrogen and oxygen atoms in total. The van der Waals surface area contributed by atoms with Crippen molar-refractivity contribution >= 4 is 5.97 Å². The predicted molar refractivity (Wildman–Crippen MR) is 118 cm³/mol. The third-order valence-electron chi connectivity index (χ3n) is 10.6. The molecule has 0 saturated heterocycles. The van der Waals surface area contributed by atoms with Crippen molar-refractivity contribution in [3.8, 4) is 0 Å². The van der Waals surface area contributed by atoms with Crippen LogP contribution in [-0.4, -0.2) is 37.5 Å². The molecule has 172 valence electrons. The SMILES string of the molecule is COC[C@]1(O)CC[C@]2(C)C3CC[C@@]4(C)C(CC[C@@H]4CCCC(=O)OC)C3CC[C@H]2C1. The van der Waals surface area contributed by atoms with Crippen LogP contribution in [0.1, 0.15) is 90.9 Å². The van der Waals surface area contributed by atoms with Crippen molar-refractivity contribution in [2.24, 2.45) is 40.4 Å². The van der Waals surface area contributed by atoms with Crippen LogP contribution >= 0.6 is 0 Å². The Morgan fingerprint density at radius 1 is 0.967 bits per heavy atom. The molecule has 4 aliphatic carbocycles. The first-order chi connectivity index (χ1) is 14.3. The van der Waals surface area contributed by atoms with E-state index in [9.17, 15) is 9.90 Å². The Labute approximate surface area is 183 Å². The lowest BCUT2D eigenvalue weighted by atomic mass is 9.44. The summed E-state index contributed by atoms with van der Waals surface area (Å²) in [5.41, 5.74) is 0.256. The lowest BCUT2D eigenvalue weighted by Gasteiger charge is -2.62. The van der Waals surface area contributed by atoms with Crippen LogP contribution in [-0.2, 0) is 14.3 Å². The summed E-state index contributed by atoms with van der Waals surface area (Å²) < 4.78 is 10.2. The smallest absolute Gasteiger partial charge is 0.305 e. The highest BCUT2D eigenvalue weighted by Gasteiger charge is 2.61. The molecule has 4 heteroatoms. The Hall–Kier alpha value is -0.610. The Morgan fingerprint density at radius 3 is 2.47 bits per heavy atom. The van der Waals surface area contributed by atoms with Crippen LogP contribution in [0.25, 0.3) is 0 Å². The summed E-state index contributed by atoms with van der Waals surface area (Å²) in [6, 6.07) is 0. The number of fused-ring (bicyclic) bond motifs is 5. The van der Waals surface area contributed by atoms with E-state index in [0.29, 0.717) is 29.8 Å².